The Balaban J connectivity index is 1.70. The molecule has 3 rings (SSSR count). The standard InChI is InChI=1S/C20H20N2O4/c1-12(20(25)26)10-13-6-8-14(9-7-13)21-19(24)16-11-18(23)22-17-5-3-2-4-15(16)17/h2-9,12,16H,10-11H2,1H3,(H,21,24)(H,22,23)(H,25,26). The molecule has 1 aliphatic rings. The van der Waals surface area contributed by atoms with E-state index in [9.17, 15) is 14.4 Å². The van der Waals surface area contributed by atoms with Gasteiger partial charge in [-0.1, -0.05) is 37.3 Å². The third kappa shape index (κ3) is 3.91. The van der Waals surface area contributed by atoms with E-state index < -0.39 is 17.8 Å². The smallest absolute Gasteiger partial charge is 0.306 e. The van der Waals surface area contributed by atoms with Crippen LogP contribution >= 0.6 is 0 Å². The first-order valence-corrected chi connectivity index (χ1v) is 8.45. The third-order valence-electron chi connectivity index (χ3n) is 4.50. The van der Waals surface area contributed by atoms with Gasteiger partial charge in [0, 0.05) is 17.8 Å². The van der Waals surface area contributed by atoms with Crippen LogP contribution in [-0.2, 0) is 20.8 Å². The fourth-order valence-corrected chi connectivity index (χ4v) is 3.04. The predicted octanol–water partition coefficient (Wildman–Crippen LogP) is 3.01. The molecule has 1 aliphatic heterocycles. The Morgan fingerprint density at radius 3 is 2.58 bits per heavy atom. The third-order valence-corrected chi connectivity index (χ3v) is 4.50. The molecule has 6 nitrogen and oxygen atoms in total. The van der Waals surface area contributed by atoms with Gasteiger partial charge in [0.1, 0.15) is 0 Å². The molecular formula is C20H20N2O4. The minimum absolute atomic E-state index is 0.108. The number of rotatable bonds is 5. The van der Waals surface area contributed by atoms with Crippen LogP contribution in [0.25, 0.3) is 0 Å². The van der Waals surface area contributed by atoms with Crippen LogP contribution < -0.4 is 10.6 Å². The van der Waals surface area contributed by atoms with Crippen molar-refractivity contribution >= 4 is 29.2 Å². The molecule has 0 bridgehead atoms. The highest BCUT2D eigenvalue weighted by molar-refractivity contribution is 6.05. The Morgan fingerprint density at radius 1 is 1.19 bits per heavy atom. The summed E-state index contributed by atoms with van der Waals surface area (Å²) in [4.78, 5) is 35.4. The molecule has 0 saturated heterocycles. The average Bonchev–Trinajstić information content (AvgIpc) is 2.62. The van der Waals surface area contributed by atoms with Gasteiger partial charge in [0.25, 0.3) is 0 Å². The number of fused-ring (bicyclic) bond motifs is 1. The summed E-state index contributed by atoms with van der Waals surface area (Å²) in [6, 6.07) is 14.4. The van der Waals surface area contributed by atoms with Crippen LogP contribution in [0.1, 0.15) is 30.4 Å². The zero-order chi connectivity index (χ0) is 18.7. The Kier molecular flexibility index (Phi) is 5.02. The summed E-state index contributed by atoms with van der Waals surface area (Å²) in [5.74, 6) is -2.25. The number of nitrogens with one attached hydrogen (secondary N) is 2. The van der Waals surface area contributed by atoms with Crippen LogP contribution in [0, 0.1) is 5.92 Å². The van der Waals surface area contributed by atoms with Crippen molar-refractivity contribution in [3.8, 4) is 0 Å². The lowest BCUT2D eigenvalue weighted by Crippen LogP contribution is -2.30. The average molecular weight is 352 g/mol. The predicted molar refractivity (Wildman–Crippen MR) is 98.0 cm³/mol. The first kappa shape index (κ1) is 17.7. The summed E-state index contributed by atoms with van der Waals surface area (Å²) < 4.78 is 0. The first-order chi connectivity index (χ1) is 12.4. The number of carbonyl (C=O) groups excluding carboxylic acids is 2. The zero-order valence-electron chi connectivity index (χ0n) is 14.4. The quantitative estimate of drug-likeness (QED) is 0.771. The highest BCUT2D eigenvalue weighted by Crippen LogP contribution is 2.32. The van der Waals surface area contributed by atoms with Crippen molar-refractivity contribution in [1.82, 2.24) is 0 Å². The zero-order valence-corrected chi connectivity index (χ0v) is 14.4. The minimum atomic E-state index is -0.836. The van der Waals surface area contributed by atoms with Crippen LogP contribution in [-0.4, -0.2) is 22.9 Å². The first-order valence-electron chi connectivity index (χ1n) is 8.45. The summed E-state index contributed by atoms with van der Waals surface area (Å²) in [5, 5.41) is 14.6. The Labute approximate surface area is 151 Å². The maximum absolute atomic E-state index is 12.7. The van der Waals surface area contributed by atoms with E-state index in [2.05, 4.69) is 10.6 Å². The molecule has 0 spiro atoms. The summed E-state index contributed by atoms with van der Waals surface area (Å²) in [7, 11) is 0. The number of para-hydroxylation sites is 1. The molecule has 134 valence electrons. The molecular weight excluding hydrogens is 332 g/mol. The van der Waals surface area contributed by atoms with Crippen molar-refractivity contribution in [3.05, 3.63) is 59.7 Å². The molecule has 0 saturated carbocycles. The topological polar surface area (TPSA) is 95.5 Å². The van der Waals surface area contributed by atoms with E-state index in [-0.39, 0.29) is 18.2 Å². The number of carboxylic acids is 1. The number of aliphatic carboxylic acids is 1. The fourth-order valence-electron chi connectivity index (χ4n) is 3.04. The SMILES string of the molecule is CC(Cc1ccc(NC(=O)C2CC(=O)Nc3ccccc32)cc1)C(=O)O. The molecule has 0 aromatic heterocycles. The lowest BCUT2D eigenvalue weighted by molar-refractivity contribution is -0.141. The van der Waals surface area contributed by atoms with Gasteiger partial charge in [-0.2, -0.15) is 0 Å². The van der Waals surface area contributed by atoms with E-state index in [1.807, 2.05) is 18.2 Å². The maximum Gasteiger partial charge on any atom is 0.306 e. The normalized spacial score (nSPS) is 17.0. The van der Waals surface area contributed by atoms with E-state index >= 15 is 0 Å². The van der Waals surface area contributed by atoms with E-state index in [1.54, 1.807) is 37.3 Å². The highest BCUT2D eigenvalue weighted by Gasteiger charge is 2.30. The number of carbonyl (C=O) groups is 3. The van der Waals surface area contributed by atoms with Crippen LogP contribution in [0.3, 0.4) is 0 Å². The molecule has 2 unspecified atom stereocenters. The van der Waals surface area contributed by atoms with Crippen molar-refractivity contribution in [2.45, 2.75) is 25.7 Å². The lowest BCUT2D eigenvalue weighted by Gasteiger charge is -2.24. The van der Waals surface area contributed by atoms with E-state index in [0.717, 1.165) is 11.1 Å². The number of hydrogen-bond donors (Lipinski definition) is 3. The van der Waals surface area contributed by atoms with Gasteiger partial charge >= 0.3 is 5.97 Å². The van der Waals surface area contributed by atoms with Gasteiger partial charge in [-0.25, -0.2) is 0 Å². The van der Waals surface area contributed by atoms with E-state index in [0.29, 0.717) is 17.8 Å². The van der Waals surface area contributed by atoms with Crippen LogP contribution in [0.15, 0.2) is 48.5 Å². The minimum Gasteiger partial charge on any atom is -0.481 e. The second-order valence-electron chi connectivity index (χ2n) is 6.52. The van der Waals surface area contributed by atoms with Crippen molar-refractivity contribution in [2.24, 2.45) is 5.92 Å². The van der Waals surface area contributed by atoms with Crippen molar-refractivity contribution < 1.29 is 19.5 Å². The monoisotopic (exact) mass is 352 g/mol. The number of anilines is 2. The van der Waals surface area contributed by atoms with Gasteiger partial charge in [-0.15, -0.1) is 0 Å². The van der Waals surface area contributed by atoms with Gasteiger partial charge in [-0.05, 0) is 35.7 Å². The largest absolute Gasteiger partial charge is 0.481 e. The molecule has 2 atom stereocenters. The fraction of sp³-hybridized carbons (Fsp3) is 0.250. The van der Waals surface area contributed by atoms with Gasteiger partial charge in [0.05, 0.1) is 11.8 Å². The molecule has 0 fully saturated rings. The van der Waals surface area contributed by atoms with Crippen molar-refractivity contribution in [2.75, 3.05) is 10.6 Å². The number of hydrogen-bond acceptors (Lipinski definition) is 3. The Morgan fingerprint density at radius 2 is 1.88 bits per heavy atom. The Hall–Kier alpha value is -3.15. The van der Waals surface area contributed by atoms with Gasteiger partial charge in [-0.3, -0.25) is 14.4 Å². The molecule has 0 radical (unpaired) electrons. The highest BCUT2D eigenvalue weighted by atomic mass is 16.4. The lowest BCUT2D eigenvalue weighted by atomic mass is 9.89. The molecule has 26 heavy (non-hydrogen) atoms. The summed E-state index contributed by atoms with van der Waals surface area (Å²) in [5.41, 5.74) is 2.98. The molecule has 6 heteroatoms. The molecule has 1 heterocycles. The van der Waals surface area contributed by atoms with Crippen molar-refractivity contribution in [3.63, 3.8) is 0 Å². The van der Waals surface area contributed by atoms with Gasteiger partial charge in [0.15, 0.2) is 0 Å². The summed E-state index contributed by atoms with van der Waals surface area (Å²) in [6.07, 6.45) is 0.538. The van der Waals surface area contributed by atoms with Crippen LogP contribution in [0.4, 0.5) is 11.4 Å². The Bertz CT molecular complexity index is 845. The second kappa shape index (κ2) is 7.39. The van der Waals surface area contributed by atoms with Gasteiger partial charge < -0.3 is 15.7 Å². The summed E-state index contributed by atoms with van der Waals surface area (Å²) >= 11 is 0. The molecule has 2 aromatic rings. The number of amides is 2. The summed E-state index contributed by atoms with van der Waals surface area (Å²) in [6.45, 7) is 1.66. The van der Waals surface area contributed by atoms with Gasteiger partial charge in [0.2, 0.25) is 11.8 Å². The molecule has 3 N–H and O–H groups in total. The van der Waals surface area contributed by atoms with Crippen LogP contribution in [0.2, 0.25) is 0 Å². The molecule has 0 aliphatic carbocycles. The van der Waals surface area contributed by atoms with E-state index in [1.165, 1.54) is 0 Å². The maximum atomic E-state index is 12.7. The second-order valence-corrected chi connectivity index (χ2v) is 6.52. The van der Waals surface area contributed by atoms with E-state index in [4.69, 9.17) is 5.11 Å². The van der Waals surface area contributed by atoms with Crippen LogP contribution in [0.5, 0.6) is 0 Å². The number of benzene rings is 2. The molecule has 2 amide bonds. The van der Waals surface area contributed by atoms with Crippen molar-refractivity contribution in [1.29, 1.82) is 0 Å². The number of carboxylic acid groups (broad SMARTS) is 1. The molecule has 2 aromatic carbocycles.